The average Bonchev–Trinajstić information content (AvgIpc) is 3.18. The van der Waals surface area contributed by atoms with Gasteiger partial charge in [0.1, 0.15) is 12.2 Å². The minimum atomic E-state index is -0.613. The lowest BCUT2D eigenvalue weighted by Crippen LogP contribution is -2.44. The van der Waals surface area contributed by atoms with Crippen molar-refractivity contribution in [1.29, 1.82) is 0 Å². The SMILES string of the molecule is CC(C)(C)OC(=O)N1CCC(CNC(=O)CNC(=O)OCC2c3ccccc3-c3ccccc32)CC1. The van der Waals surface area contributed by atoms with Gasteiger partial charge in [0.05, 0.1) is 6.54 Å². The molecule has 2 aromatic carbocycles. The number of hydrogen-bond donors (Lipinski definition) is 2. The summed E-state index contributed by atoms with van der Waals surface area (Å²) in [4.78, 5) is 38.4. The van der Waals surface area contributed by atoms with Crippen molar-refractivity contribution in [2.24, 2.45) is 5.92 Å². The Labute approximate surface area is 212 Å². The zero-order valence-corrected chi connectivity index (χ0v) is 21.2. The fourth-order valence-corrected chi connectivity index (χ4v) is 4.77. The molecule has 0 atom stereocenters. The van der Waals surface area contributed by atoms with Crippen molar-refractivity contribution in [3.8, 4) is 11.1 Å². The van der Waals surface area contributed by atoms with Gasteiger partial charge in [-0.1, -0.05) is 48.5 Å². The van der Waals surface area contributed by atoms with E-state index in [0.717, 1.165) is 24.0 Å². The third-order valence-electron chi connectivity index (χ3n) is 6.59. The molecule has 2 aromatic rings. The zero-order chi connectivity index (χ0) is 25.7. The Bertz CT molecular complexity index is 1060. The van der Waals surface area contributed by atoms with Crippen LogP contribution in [-0.2, 0) is 14.3 Å². The summed E-state index contributed by atoms with van der Waals surface area (Å²) in [5, 5.41) is 5.41. The Morgan fingerprint density at radius 3 is 2.08 bits per heavy atom. The lowest BCUT2D eigenvalue weighted by atomic mass is 9.97. The van der Waals surface area contributed by atoms with Gasteiger partial charge in [0.2, 0.25) is 5.91 Å². The molecule has 1 aliphatic carbocycles. The third-order valence-corrected chi connectivity index (χ3v) is 6.59. The first-order chi connectivity index (χ1) is 17.2. The molecule has 2 aliphatic rings. The molecule has 1 fully saturated rings. The molecule has 2 N–H and O–H groups in total. The summed E-state index contributed by atoms with van der Waals surface area (Å²) in [5.41, 5.74) is 4.10. The topological polar surface area (TPSA) is 97.0 Å². The van der Waals surface area contributed by atoms with Gasteiger partial charge in [0.15, 0.2) is 0 Å². The van der Waals surface area contributed by atoms with Crippen molar-refractivity contribution < 1.29 is 23.9 Å². The summed E-state index contributed by atoms with van der Waals surface area (Å²) in [7, 11) is 0. The van der Waals surface area contributed by atoms with Crippen LogP contribution in [0, 0.1) is 5.92 Å². The van der Waals surface area contributed by atoms with Crippen LogP contribution in [0.1, 0.15) is 50.7 Å². The van der Waals surface area contributed by atoms with Crippen molar-refractivity contribution in [3.63, 3.8) is 0 Å². The summed E-state index contributed by atoms with van der Waals surface area (Å²) in [6.45, 7) is 7.33. The number of carbonyl (C=O) groups excluding carboxylic acids is 3. The largest absolute Gasteiger partial charge is 0.449 e. The maximum Gasteiger partial charge on any atom is 0.410 e. The lowest BCUT2D eigenvalue weighted by Gasteiger charge is -2.33. The van der Waals surface area contributed by atoms with Gasteiger partial charge in [-0.15, -0.1) is 0 Å². The Kier molecular flexibility index (Phi) is 7.82. The molecule has 0 saturated carbocycles. The second kappa shape index (κ2) is 11.0. The second-order valence-electron chi connectivity index (χ2n) is 10.4. The first kappa shape index (κ1) is 25.5. The summed E-state index contributed by atoms with van der Waals surface area (Å²) < 4.78 is 10.9. The molecular weight excluding hydrogens is 458 g/mol. The molecular formula is C28H35N3O5. The minimum absolute atomic E-state index is 0.0245. The van der Waals surface area contributed by atoms with E-state index in [-0.39, 0.29) is 37.0 Å². The highest BCUT2D eigenvalue weighted by molar-refractivity contribution is 5.82. The molecule has 0 aromatic heterocycles. The number of amides is 3. The number of piperidine rings is 1. The highest BCUT2D eigenvalue weighted by Gasteiger charge is 2.29. The number of benzene rings is 2. The van der Waals surface area contributed by atoms with E-state index in [1.54, 1.807) is 4.90 Å². The van der Waals surface area contributed by atoms with Gasteiger partial charge in [-0.25, -0.2) is 9.59 Å². The van der Waals surface area contributed by atoms with E-state index >= 15 is 0 Å². The van der Waals surface area contributed by atoms with Crippen molar-refractivity contribution >= 4 is 18.1 Å². The molecule has 1 aliphatic heterocycles. The van der Waals surface area contributed by atoms with E-state index in [1.807, 2.05) is 45.0 Å². The molecule has 8 nitrogen and oxygen atoms in total. The Balaban J connectivity index is 1.15. The number of rotatable bonds is 6. The van der Waals surface area contributed by atoms with E-state index in [0.29, 0.717) is 19.6 Å². The number of nitrogens with zero attached hydrogens (tertiary/aromatic N) is 1. The number of carbonyl (C=O) groups is 3. The normalized spacial score (nSPS) is 15.6. The smallest absolute Gasteiger partial charge is 0.410 e. The van der Waals surface area contributed by atoms with Crippen LogP contribution in [0.25, 0.3) is 11.1 Å². The first-order valence-electron chi connectivity index (χ1n) is 12.5. The third kappa shape index (κ3) is 6.36. The van der Waals surface area contributed by atoms with E-state index in [4.69, 9.17) is 9.47 Å². The van der Waals surface area contributed by atoms with Gasteiger partial charge in [0.25, 0.3) is 0 Å². The Morgan fingerprint density at radius 1 is 0.917 bits per heavy atom. The highest BCUT2D eigenvalue weighted by atomic mass is 16.6. The number of nitrogens with one attached hydrogen (secondary N) is 2. The van der Waals surface area contributed by atoms with E-state index in [9.17, 15) is 14.4 Å². The van der Waals surface area contributed by atoms with Gasteiger partial charge in [-0.3, -0.25) is 4.79 Å². The van der Waals surface area contributed by atoms with E-state index in [1.165, 1.54) is 11.1 Å². The predicted molar refractivity (Wildman–Crippen MR) is 137 cm³/mol. The molecule has 0 radical (unpaired) electrons. The fraction of sp³-hybridized carbons (Fsp3) is 0.464. The average molecular weight is 494 g/mol. The van der Waals surface area contributed by atoms with Gasteiger partial charge in [-0.05, 0) is 61.8 Å². The summed E-state index contributed by atoms with van der Waals surface area (Å²) in [5.74, 6) is -0.0105. The van der Waals surface area contributed by atoms with Gasteiger partial charge in [-0.2, -0.15) is 0 Å². The van der Waals surface area contributed by atoms with Gasteiger partial charge in [0, 0.05) is 25.6 Å². The molecule has 3 amide bonds. The van der Waals surface area contributed by atoms with Gasteiger partial charge < -0.3 is 25.0 Å². The van der Waals surface area contributed by atoms with Crippen LogP contribution in [0.4, 0.5) is 9.59 Å². The summed E-state index contributed by atoms with van der Waals surface area (Å²) in [6, 6.07) is 16.3. The molecule has 1 heterocycles. The molecule has 36 heavy (non-hydrogen) atoms. The maximum absolute atomic E-state index is 12.3. The molecule has 8 heteroatoms. The first-order valence-corrected chi connectivity index (χ1v) is 12.5. The Morgan fingerprint density at radius 2 is 1.50 bits per heavy atom. The highest BCUT2D eigenvalue weighted by Crippen LogP contribution is 2.44. The predicted octanol–water partition coefficient (Wildman–Crippen LogP) is 4.29. The van der Waals surface area contributed by atoms with Crippen molar-refractivity contribution in [2.45, 2.75) is 45.1 Å². The van der Waals surface area contributed by atoms with Crippen LogP contribution in [0.15, 0.2) is 48.5 Å². The quantitative estimate of drug-likeness (QED) is 0.626. The summed E-state index contributed by atoms with van der Waals surface area (Å²) >= 11 is 0. The monoisotopic (exact) mass is 493 g/mol. The van der Waals surface area contributed by atoms with Crippen molar-refractivity contribution in [3.05, 3.63) is 59.7 Å². The summed E-state index contributed by atoms with van der Waals surface area (Å²) in [6.07, 6.45) is 0.675. The van der Waals surface area contributed by atoms with Crippen LogP contribution in [0.5, 0.6) is 0 Å². The number of likely N-dealkylation sites (tertiary alicyclic amines) is 1. The Hall–Kier alpha value is -3.55. The number of fused-ring (bicyclic) bond motifs is 3. The second-order valence-corrected chi connectivity index (χ2v) is 10.4. The standard InChI is InChI=1S/C28H35N3O5/c1-28(2,3)36-27(34)31-14-12-19(13-15-31)16-29-25(32)17-30-26(33)35-18-24-22-10-6-4-8-20(22)21-9-5-7-11-23(21)24/h4-11,19,24H,12-18H2,1-3H3,(H,29,32)(H,30,33). The van der Waals surface area contributed by atoms with Crippen LogP contribution >= 0.6 is 0 Å². The van der Waals surface area contributed by atoms with Crippen LogP contribution < -0.4 is 10.6 Å². The number of ether oxygens (including phenoxy) is 2. The van der Waals surface area contributed by atoms with E-state index in [2.05, 4.69) is 34.9 Å². The lowest BCUT2D eigenvalue weighted by molar-refractivity contribution is -0.120. The molecule has 1 saturated heterocycles. The minimum Gasteiger partial charge on any atom is -0.449 e. The molecule has 4 rings (SSSR count). The van der Waals surface area contributed by atoms with Crippen molar-refractivity contribution in [2.75, 3.05) is 32.8 Å². The number of alkyl carbamates (subject to hydrolysis) is 1. The van der Waals surface area contributed by atoms with Crippen LogP contribution in [-0.4, -0.2) is 61.4 Å². The molecule has 192 valence electrons. The number of hydrogen-bond acceptors (Lipinski definition) is 5. The van der Waals surface area contributed by atoms with Crippen LogP contribution in [0.2, 0.25) is 0 Å². The maximum atomic E-state index is 12.3. The van der Waals surface area contributed by atoms with Crippen molar-refractivity contribution in [1.82, 2.24) is 15.5 Å². The molecule has 0 unspecified atom stereocenters. The van der Waals surface area contributed by atoms with E-state index < -0.39 is 11.7 Å². The molecule has 0 spiro atoms. The van der Waals surface area contributed by atoms with Gasteiger partial charge >= 0.3 is 12.2 Å². The van der Waals surface area contributed by atoms with Crippen LogP contribution in [0.3, 0.4) is 0 Å². The molecule has 0 bridgehead atoms. The fourth-order valence-electron chi connectivity index (χ4n) is 4.77. The zero-order valence-electron chi connectivity index (χ0n) is 21.2.